The molecular weight excluding hydrogens is 482 g/mol. The molecule has 38 heavy (non-hydrogen) atoms. The van der Waals surface area contributed by atoms with Crippen molar-refractivity contribution in [3.63, 3.8) is 0 Å². The zero-order valence-corrected chi connectivity index (χ0v) is 23.8. The molecule has 0 aromatic heterocycles. The van der Waals surface area contributed by atoms with E-state index in [-0.39, 0.29) is 17.4 Å². The van der Waals surface area contributed by atoms with Crippen molar-refractivity contribution in [2.24, 2.45) is 5.92 Å². The number of halogens is 2. The minimum absolute atomic E-state index is 0.0232. The van der Waals surface area contributed by atoms with Gasteiger partial charge in [0, 0.05) is 17.0 Å². The molecule has 2 aromatic carbocycles. The van der Waals surface area contributed by atoms with Crippen LogP contribution in [0, 0.1) is 17.6 Å². The molecule has 0 spiro atoms. The average Bonchev–Trinajstić information content (AvgIpc) is 2.93. The molecule has 3 nitrogen and oxygen atoms in total. The molecular formula is C33H48F2O3. The second-order valence-electron chi connectivity index (χ2n) is 10.8. The van der Waals surface area contributed by atoms with Crippen molar-refractivity contribution in [2.75, 3.05) is 13.2 Å². The van der Waals surface area contributed by atoms with Gasteiger partial charge in [0.2, 0.25) is 5.82 Å². The molecule has 2 aromatic rings. The van der Waals surface area contributed by atoms with E-state index in [1.165, 1.54) is 63.9 Å². The van der Waals surface area contributed by atoms with Crippen molar-refractivity contribution >= 4 is 0 Å². The van der Waals surface area contributed by atoms with Gasteiger partial charge in [0.05, 0.1) is 19.3 Å². The largest absolute Gasteiger partial charge is 0.490 e. The van der Waals surface area contributed by atoms with E-state index in [9.17, 15) is 8.78 Å². The van der Waals surface area contributed by atoms with E-state index in [1.807, 2.05) is 12.1 Å². The van der Waals surface area contributed by atoms with Crippen molar-refractivity contribution in [1.29, 1.82) is 0 Å². The van der Waals surface area contributed by atoms with Crippen LogP contribution in [0.2, 0.25) is 0 Å². The number of rotatable bonds is 17. The van der Waals surface area contributed by atoms with Gasteiger partial charge in [0.25, 0.3) is 0 Å². The van der Waals surface area contributed by atoms with Gasteiger partial charge in [-0.25, -0.2) is 4.39 Å². The Balaban J connectivity index is 1.48. The molecule has 0 unspecified atom stereocenters. The highest BCUT2D eigenvalue weighted by molar-refractivity contribution is 5.65. The molecule has 0 bridgehead atoms. The number of hydrogen-bond acceptors (Lipinski definition) is 3. The Morgan fingerprint density at radius 2 is 1.39 bits per heavy atom. The van der Waals surface area contributed by atoms with Gasteiger partial charge >= 0.3 is 0 Å². The molecule has 0 aliphatic carbocycles. The fraction of sp³-hybridized carbons (Fsp3) is 0.636. The Bertz CT molecular complexity index is 931. The predicted octanol–water partition coefficient (Wildman–Crippen LogP) is 10.2. The van der Waals surface area contributed by atoms with E-state index in [0.717, 1.165) is 31.2 Å². The molecule has 1 fully saturated rings. The van der Waals surface area contributed by atoms with Crippen molar-refractivity contribution < 1.29 is 23.0 Å². The minimum Gasteiger partial charge on any atom is -0.490 e. The average molecular weight is 531 g/mol. The highest BCUT2D eigenvalue weighted by Crippen LogP contribution is 2.34. The summed E-state index contributed by atoms with van der Waals surface area (Å²) in [5.41, 5.74) is 1.72. The van der Waals surface area contributed by atoms with Gasteiger partial charge in [-0.3, -0.25) is 0 Å². The van der Waals surface area contributed by atoms with Crippen molar-refractivity contribution in [3.05, 3.63) is 53.6 Å². The third-order valence-electron chi connectivity index (χ3n) is 7.69. The van der Waals surface area contributed by atoms with Crippen LogP contribution in [-0.4, -0.2) is 19.3 Å². The van der Waals surface area contributed by atoms with Crippen LogP contribution in [0.25, 0.3) is 11.1 Å². The molecule has 212 valence electrons. The van der Waals surface area contributed by atoms with Crippen LogP contribution in [0.5, 0.6) is 5.75 Å². The molecule has 3 atom stereocenters. The molecule has 1 aliphatic rings. The van der Waals surface area contributed by atoms with Crippen LogP contribution in [0.15, 0.2) is 36.4 Å². The van der Waals surface area contributed by atoms with Gasteiger partial charge in [-0.05, 0) is 37.5 Å². The lowest BCUT2D eigenvalue weighted by molar-refractivity contribution is -0.237. The van der Waals surface area contributed by atoms with Gasteiger partial charge in [-0.2, -0.15) is 4.39 Å². The molecule has 3 rings (SSSR count). The Labute approximate surface area is 229 Å². The topological polar surface area (TPSA) is 27.7 Å². The maximum Gasteiger partial charge on any atom is 0.201 e. The fourth-order valence-electron chi connectivity index (χ4n) is 5.12. The molecule has 0 amide bonds. The zero-order valence-electron chi connectivity index (χ0n) is 23.8. The first-order valence-electron chi connectivity index (χ1n) is 15.0. The first kappa shape index (κ1) is 30.6. The minimum atomic E-state index is -0.929. The van der Waals surface area contributed by atoms with Crippen LogP contribution in [0.1, 0.15) is 116 Å². The molecule has 1 heterocycles. The van der Waals surface area contributed by atoms with E-state index in [1.54, 1.807) is 18.2 Å². The van der Waals surface area contributed by atoms with Gasteiger partial charge in [-0.15, -0.1) is 0 Å². The summed E-state index contributed by atoms with van der Waals surface area (Å²) in [7, 11) is 0. The SMILES string of the molecule is CCCCCCCCOc1ccc(-c2ccc([C@@H]3OC[C@@H](CCCCCCCC)[C@H](C)O3)cc2)c(F)c1F. The Kier molecular flexibility index (Phi) is 13.6. The molecule has 1 aliphatic heterocycles. The molecule has 1 saturated heterocycles. The second kappa shape index (κ2) is 16.9. The molecule has 0 saturated carbocycles. The third kappa shape index (κ3) is 9.34. The van der Waals surface area contributed by atoms with Gasteiger partial charge in [-0.1, -0.05) is 109 Å². The van der Waals surface area contributed by atoms with Crippen LogP contribution in [0.3, 0.4) is 0 Å². The van der Waals surface area contributed by atoms with E-state index < -0.39 is 17.9 Å². The molecule has 0 radical (unpaired) electrons. The maximum absolute atomic E-state index is 14.9. The van der Waals surface area contributed by atoms with E-state index in [4.69, 9.17) is 14.2 Å². The van der Waals surface area contributed by atoms with E-state index in [2.05, 4.69) is 20.8 Å². The number of ether oxygens (including phenoxy) is 3. The lowest BCUT2D eigenvalue weighted by Crippen LogP contribution is -2.34. The summed E-state index contributed by atoms with van der Waals surface area (Å²) in [6.07, 6.45) is 15.3. The predicted molar refractivity (Wildman–Crippen MR) is 151 cm³/mol. The summed E-state index contributed by atoms with van der Waals surface area (Å²) >= 11 is 0. The monoisotopic (exact) mass is 530 g/mol. The summed E-state index contributed by atoms with van der Waals surface area (Å²) in [4.78, 5) is 0. The summed E-state index contributed by atoms with van der Waals surface area (Å²) < 4.78 is 47.4. The standard InChI is InChI=1S/C33H48F2O3/c1-4-6-8-10-12-14-16-28-24-37-33(38-25(28)3)27-19-17-26(18-20-27)29-21-22-30(32(35)31(29)34)36-23-15-13-11-9-7-5-2/h17-22,25,28,33H,4-16,23-24H2,1-3H3/t25-,28+,33+/m0/s1. The Hall–Kier alpha value is -1.98. The third-order valence-corrected chi connectivity index (χ3v) is 7.69. The number of unbranched alkanes of at least 4 members (excludes halogenated alkanes) is 10. The maximum atomic E-state index is 14.9. The van der Waals surface area contributed by atoms with Crippen LogP contribution in [-0.2, 0) is 9.47 Å². The van der Waals surface area contributed by atoms with Crippen LogP contribution in [0.4, 0.5) is 8.78 Å². The van der Waals surface area contributed by atoms with E-state index in [0.29, 0.717) is 24.7 Å². The first-order chi connectivity index (χ1) is 18.5. The Morgan fingerprint density at radius 1 is 0.763 bits per heavy atom. The molecule has 0 N–H and O–H groups in total. The van der Waals surface area contributed by atoms with Crippen molar-refractivity contribution in [3.8, 4) is 16.9 Å². The van der Waals surface area contributed by atoms with Gasteiger partial charge in [0.1, 0.15) is 0 Å². The molecule has 5 heteroatoms. The fourth-order valence-corrected chi connectivity index (χ4v) is 5.12. The smallest absolute Gasteiger partial charge is 0.201 e. The van der Waals surface area contributed by atoms with Crippen molar-refractivity contribution in [2.45, 2.75) is 117 Å². The number of hydrogen-bond donors (Lipinski definition) is 0. The quantitative estimate of drug-likeness (QED) is 0.190. The van der Waals surface area contributed by atoms with Crippen LogP contribution < -0.4 is 4.74 Å². The van der Waals surface area contributed by atoms with E-state index >= 15 is 0 Å². The number of benzene rings is 2. The highest BCUT2D eigenvalue weighted by Gasteiger charge is 2.29. The lowest BCUT2D eigenvalue weighted by Gasteiger charge is -2.35. The van der Waals surface area contributed by atoms with Crippen LogP contribution >= 0.6 is 0 Å². The summed E-state index contributed by atoms with van der Waals surface area (Å²) in [5.74, 6) is -1.42. The highest BCUT2D eigenvalue weighted by atomic mass is 19.2. The second-order valence-corrected chi connectivity index (χ2v) is 10.8. The first-order valence-corrected chi connectivity index (χ1v) is 15.0. The lowest BCUT2D eigenvalue weighted by atomic mass is 9.95. The normalized spacial score (nSPS) is 19.6. The summed E-state index contributed by atoms with van der Waals surface area (Å²) in [5, 5.41) is 0. The van der Waals surface area contributed by atoms with Crippen molar-refractivity contribution in [1.82, 2.24) is 0 Å². The summed E-state index contributed by atoms with van der Waals surface area (Å²) in [6.45, 7) is 7.63. The summed E-state index contributed by atoms with van der Waals surface area (Å²) in [6, 6.07) is 10.5. The van der Waals surface area contributed by atoms with Gasteiger partial charge in [0.15, 0.2) is 17.9 Å². The zero-order chi connectivity index (χ0) is 27.2. The van der Waals surface area contributed by atoms with Gasteiger partial charge < -0.3 is 14.2 Å². The Morgan fingerprint density at radius 3 is 2.05 bits per heavy atom.